The van der Waals surface area contributed by atoms with Crippen molar-refractivity contribution in [1.82, 2.24) is 5.32 Å². The van der Waals surface area contributed by atoms with E-state index in [0.717, 1.165) is 39.0 Å². The van der Waals surface area contributed by atoms with Crippen LogP contribution >= 0.6 is 0 Å². The molecule has 0 saturated heterocycles. The van der Waals surface area contributed by atoms with Crippen LogP contribution in [0.15, 0.2) is 5.16 Å². The zero-order chi connectivity index (χ0) is 12.2. The van der Waals surface area contributed by atoms with Gasteiger partial charge < -0.3 is 21.0 Å². The maximum Gasteiger partial charge on any atom is 0.140 e. The van der Waals surface area contributed by atoms with Crippen LogP contribution < -0.4 is 11.1 Å². The lowest BCUT2D eigenvalue weighted by atomic mass is 10.1. The summed E-state index contributed by atoms with van der Waals surface area (Å²) in [5.74, 6) is 0.279. The van der Waals surface area contributed by atoms with E-state index in [1.54, 1.807) is 0 Å². The Kier molecular flexibility index (Phi) is 10.2. The number of hydrogen-bond donors (Lipinski definition) is 3. The van der Waals surface area contributed by atoms with Crippen molar-refractivity contribution in [3.63, 3.8) is 0 Å². The fourth-order valence-corrected chi connectivity index (χ4v) is 1.38. The lowest BCUT2D eigenvalue weighted by molar-refractivity contribution is 0.131. The standard InChI is InChI=1S/C11H25N3O2/c1-3-7-16-8-5-6-13-10(4-2)9-11(12)14-15/h10,13,15H,3-9H2,1-2H3,(H2,12,14). The second kappa shape index (κ2) is 10.7. The fourth-order valence-electron chi connectivity index (χ4n) is 1.38. The van der Waals surface area contributed by atoms with Gasteiger partial charge in [0.25, 0.3) is 0 Å². The van der Waals surface area contributed by atoms with Crippen molar-refractivity contribution in [3.05, 3.63) is 0 Å². The molecule has 96 valence electrons. The third kappa shape index (κ3) is 8.49. The molecule has 0 aromatic carbocycles. The number of amidine groups is 1. The van der Waals surface area contributed by atoms with Gasteiger partial charge in [-0.15, -0.1) is 0 Å². The minimum absolute atomic E-state index is 0.279. The maximum atomic E-state index is 8.46. The number of nitrogens with one attached hydrogen (secondary N) is 1. The first kappa shape index (κ1) is 15.2. The predicted octanol–water partition coefficient (Wildman–Crippen LogP) is 1.31. The molecule has 0 spiro atoms. The normalized spacial score (nSPS) is 14.0. The number of nitrogens with two attached hydrogens (primary N) is 1. The van der Waals surface area contributed by atoms with E-state index in [4.69, 9.17) is 15.7 Å². The van der Waals surface area contributed by atoms with Crippen molar-refractivity contribution in [2.24, 2.45) is 10.9 Å². The Hall–Kier alpha value is -0.810. The zero-order valence-corrected chi connectivity index (χ0v) is 10.4. The molecule has 0 amide bonds. The molecule has 0 saturated carbocycles. The van der Waals surface area contributed by atoms with Crippen LogP contribution in [0, 0.1) is 0 Å². The molecule has 1 atom stereocenters. The molecule has 0 aliphatic rings. The lowest BCUT2D eigenvalue weighted by Crippen LogP contribution is -2.34. The molecule has 16 heavy (non-hydrogen) atoms. The summed E-state index contributed by atoms with van der Waals surface area (Å²) in [6, 6.07) is 0.280. The molecule has 5 heteroatoms. The lowest BCUT2D eigenvalue weighted by Gasteiger charge is -2.15. The quantitative estimate of drug-likeness (QED) is 0.174. The summed E-state index contributed by atoms with van der Waals surface area (Å²) in [7, 11) is 0. The van der Waals surface area contributed by atoms with Crippen LogP contribution in [0.2, 0.25) is 0 Å². The van der Waals surface area contributed by atoms with Crippen LogP contribution in [0.4, 0.5) is 0 Å². The van der Waals surface area contributed by atoms with Crippen LogP contribution in [0.1, 0.15) is 39.5 Å². The molecule has 0 aromatic rings. The molecule has 4 N–H and O–H groups in total. The van der Waals surface area contributed by atoms with Crippen molar-refractivity contribution in [2.45, 2.75) is 45.6 Å². The minimum Gasteiger partial charge on any atom is -0.409 e. The van der Waals surface area contributed by atoms with Crippen molar-refractivity contribution < 1.29 is 9.94 Å². The summed E-state index contributed by atoms with van der Waals surface area (Å²) in [4.78, 5) is 0. The van der Waals surface area contributed by atoms with Gasteiger partial charge in [0, 0.05) is 25.7 Å². The van der Waals surface area contributed by atoms with Crippen LogP contribution in [-0.4, -0.2) is 36.8 Å². The highest BCUT2D eigenvalue weighted by atomic mass is 16.5. The first-order valence-electron chi connectivity index (χ1n) is 6.02. The van der Waals surface area contributed by atoms with Gasteiger partial charge in [-0.2, -0.15) is 0 Å². The molecule has 0 fully saturated rings. The van der Waals surface area contributed by atoms with Gasteiger partial charge in [-0.3, -0.25) is 0 Å². The van der Waals surface area contributed by atoms with E-state index >= 15 is 0 Å². The van der Waals surface area contributed by atoms with E-state index in [0.29, 0.717) is 6.42 Å². The SMILES string of the molecule is CCCOCCCNC(CC)CC(N)=NO. The summed E-state index contributed by atoms with van der Waals surface area (Å²) in [6.07, 6.45) is 3.61. The Labute approximate surface area is 98.0 Å². The van der Waals surface area contributed by atoms with E-state index in [1.807, 2.05) is 0 Å². The first-order valence-corrected chi connectivity index (χ1v) is 6.02. The second-order valence-electron chi connectivity index (χ2n) is 3.82. The molecule has 0 aliphatic carbocycles. The van der Waals surface area contributed by atoms with Crippen molar-refractivity contribution in [1.29, 1.82) is 0 Å². The molecule has 0 aromatic heterocycles. The smallest absolute Gasteiger partial charge is 0.140 e. The summed E-state index contributed by atoms with van der Waals surface area (Å²) < 4.78 is 5.37. The molecule has 0 aliphatic heterocycles. The van der Waals surface area contributed by atoms with Crippen molar-refractivity contribution in [2.75, 3.05) is 19.8 Å². The molecule has 0 bridgehead atoms. The van der Waals surface area contributed by atoms with Gasteiger partial charge in [-0.25, -0.2) is 0 Å². The monoisotopic (exact) mass is 231 g/mol. The zero-order valence-electron chi connectivity index (χ0n) is 10.4. The Morgan fingerprint density at radius 3 is 2.75 bits per heavy atom. The molecule has 0 heterocycles. The first-order chi connectivity index (χ1) is 7.74. The highest BCUT2D eigenvalue weighted by Gasteiger charge is 2.07. The highest BCUT2D eigenvalue weighted by molar-refractivity contribution is 5.80. The summed E-state index contributed by atoms with van der Waals surface area (Å²) in [5, 5.41) is 14.8. The van der Waals surface area contributed by atoms with Crippen LogP contribution in [-0.2, 0) is 4.74 Å². The average Bonchev–Trinajstić information content (AvgIpc) is 2.31. The Morgan fingerprint density at radius 1 is 1.44 bits per heavy atom. The van der Waals surface area contributed by atoms with Gasteiger partial charge in [-0.05, 0) is 25.8 Å². The molecule has 0 radical (unpaired) electrons. The van der Waals surface area contributed by atoms with E-state index < -0.39 is 0 Å². The Bertz CT molecular complexity index is 186. The van der Waals surface area contributed by atoms with Crippen molar-refractivity contribution in [3.8, 4) is 0 Å². The van der Waals surface area contributed by atoms with E-state index in [-0.39, 0.29) is 11.9 Å². The topological polar surface area (TPSA) is 79.9 Å². The highest BCUT2D eigenvalue weighted by Crippen LogP contribution is 1.97. The molecule has 0 rings (SSSR count). The third-order valence-electron chi connectivity index (χ3n) is 2.32. The van der Waals surface area contributed by atoms with Crippen LogP contribution in [0.5, 0.6) is 0 Å². The molecular weight excluding hydrogens is 206 g/mol. The Morgan fingerprint density at radius 2 is 2.19 bits per heavy atom. The number of oxime groups is 1. The van der Waals surface area contributed by atoms with E-state index in [1.165, 1.54) is 0 Å². The van der Waals surface area contributed by atoms with Crippen LogP contribution in [0.25, 0.3) is 0 Å². The fraction of sp³-hybridized carbons (Fsp3) is 0.909. The summed E-state index contributed by atoms with van der Waals surface area (Å²) >= 11 is 0. The van der Waals surface area contributed by atoms with E-state index in [9.17, 15) is 0 Å². The molecule has 5 nitrogen and oxygen atoms in total. The van der Waals surface area contributed by atoms with Crippen LogP contribution in [0.3, 0.4) is 0 Å². The molecule has 1 unspecified atom stereocenters. The van der Waals surface area contributed by atoms with Gasteiger partial charge in [-0.1, -0.05) is 19.0 Å². The molecular formula is C11H25N3O2. The van der Waals surface area contributed by atoms with Gasteiger partial charge >= 0.3 is 0 Å². The van der Waals surface area contributed by atoms with Crippen molar-refractivity contribution >= 4 is 5.84 Å². The second-order valence-corrected chi connectivity index (χ2v) is 3.82. The number of nitrogens with zero attached hydrogens (tertiary/aromatic N) is 1. The van der Waals surface area contributed by atoms with Gasteiger partial charge in [0.15, 0.2) is 0 Å². The Balaban J connectivity index is 3.48. The maximum absolute atomic E-state index is 8.46. The average molecular weight is 231 g/mol. The third-order valence-corrected chi connectivity index (χ3v) is 2.32. The number of ether oxygens (including phenoxy) is 1. The van der Waals surface area contributed by atoms with Gasteiger partial charge in [0.1, 0.15) is 5.84 Å². The largest absolute Gasteiger partial charge is 0.409 e. The minimum atomic E-state index is 0.279. The number of hydrogen-bond acceptors (Lipinski definition) is 4. The summed E-state index contributed by atoms with van der Waals surface area (Å²) in [6.45, 7) is 6.71. The van der Waals surface area contributed by atoms with Gasteiger partial charge in [0.05, 0.1) is 0 Å². The van der Waals surface area contributed by atoms with E-state index in [2.05, 4.69) is 24.3 Å². The van der Waals surface area contributed by atoms with Gasteiger partial charge in [0.2, 0.25) is 0 Å². The summed E-state index contributed by atoms with van der Waals surface area (Å²) in [5.41, 5.74) is 5.45. The number of rotatable bonds is 10. The predicted molar refractivity (Wildman–Crippen MR) is 65.8 cm³/mol.